The van der Waals surface area contributed by atoms with E-state index in [-0.39, 0.29) is 0 Å². The van der Waals surface area contributed by atoms with Gasteiger partial charge in [-0.15, -0.1) is 0 Å². The molecule has 0 aliphatic heterocycles. The molecular formula is C33H39F6NO3. The molecular weight excluding hydrogens is 572 g/mol. The third-order valence-corrected chi connectivity index (χ3v) is 8.35. The van der Waals surface area contributed by atoms with E-state index in [0.29, 0.717) is 30.8 Å². The number of hydrogen-bond donors (Lipinski definition) is 1. The molecule has 0 radical (unpaired) electrons. The molecule has 0 bridgehead atoms. The largest absolute Gasteiger partial charge is 0.426 e. The first-order valence-electron chi connectivity index (χ1n) is 14.4. The smallest absolute Gasteiger partial charge is 0.374 e. The van der Waals surface area contributed by atoms with Gasteiger partial charge < -0.3 is 5.11 Å². The van der Waals surface area contributed by atoms with Crippen LogP contribution in [0.4, 0.5) is 26.3 Å². The minimum atomic E-state index is -5.83. The maximum Gasteiger partial charge on any atom is 0.426 e. The van der Waals surface area contributed by atoms with E-state index in [4.69, 9.17) is 9.78 Å². The van der Waals surface area contributed by atoms with Gasteiger partial charge in [0.1, 0.15) is 0 Å². The maximum atomic E-state index is 13.2. The van der Waals surface area contributed by atoms with Crippen LogP contribution in [-0.4, -0.2) is 41.3 Å². The van der Waals surface area contributed by atoms with Crippen molar-refractivity contribution in [3.8, 4) is 11.3 Å². The summed E-state index contributed by atoms with van der Waals surface area (Å²) in [5, 5.41) is 9.58. The predicted molar refractivity (Wildman–Crippen MR) is 154 cm³/mol. The highest BCUT2D eigenvalue weighted by atomic mass is 19.4. The third-order valence-electron chi connectivity index (χ3n) is 8.35. The van der Waals surface area contributed by atoms with Gasteiger partial charge in [0.25, 0.3) is 5.60 Å². The summed E-state index contributed by atoms with van der Waals surface area (Å²) in [5.74, 6) is 0. The number of aryl methyl sites for hydroxylation is 3. The summed E-state index contributed by atoms with van der Waals surface area (Å²) in [6.45, 7) is 10.6. The lowest BCUT2D eigenvalue weighted by atomic mass is 9.69. The minimum Gasteiger partial charge on any atom is -0.374 e. The Hall–Kier alpha value is -2.95. The van der Waals surface area contributed by atoms with Crippen LogP contribution in [0.1, 0.15) is 73.4 Å². The van der Waals surface area contributed by atoms with Crippen molar-refractivity contribution in [2.24, 2.45) is 0 Å². The van der Waals surface area contributed by atoms with Crippen LogP contribution >= 0.6 is 0 Å². The molecule has 0 fully saturated rings. The number of alkyl halides is 6. The molecule has 0 unspecified atom stereocenters. The fraction of sp³-hybridized carbons (Fsp3) is 0.485. The van der Waals surface area contributed by atoms with Crippen molar-refractivity contribution < 1.29 is 41.2 Å². The van der Waals surface area contributed by atoms with E-state index in [1.807, 2.05) is 44.3 Å². The van der Waals surface area contributed by atoms with Crippen molar-refractivity contribution in [2.75, 3.05) is 13.2 Å². The summed E-state index contributed by atoms with van der Waals surface area (Å²) in [6, 6.07) is 15.3. The number of halogens is 6. The first-order chi connectivity index (χ1) is 20.1. The summed E-state index contributed by atoms with van der Waals surface area (Å²) >= 11 is 0. The number of aliphatic hydroxyl groups is 1. The lowest BCUT2D eigenvalue weighted by Crippen LogP contribution is -2.57. The summed E-state index contributed by atoms with van der Waals surface area (Å²) in [4.78, 5) is 14.6. The third kappa shape index (κ3) is 7.41. The number of benzene rings is 2. The Bertz CT molecular complexity index is 1330. The van der Waals surface area contributed by atoms with Gasteiger partial charge in [-0.25, -0.2) is 9.78 Å². The van der Waals surface area contributed by atoms with Crippen LogP contribution in [0.25, 0.3) is 11.3 Å². The first-order valence-corrected chi connectivity index (χ1v) is 14.4. The summed E-state index contributed by atoms with van der Waals surface area (Å²) in [6.07, 6.45) is -9.83. The van der Waals surface area contributed by atoms with Crippen molar-refractivity contribution in [1.82, 2.24) is 4.98 Å². The maximum absolute atomic E-state index is 13.2. The summed E-state index contributed by atoms with van der Waals surface area (Å²) < 4.78 is 79.1. The highest BCUT2D eigenvalue weighted by Gasteiger charge is 2.69. The van der Waals surface area contributed by atoms with Crippen molar-refractivity contribution >= 4 is 0 Å². The number of rotatable bonds is 13. The zero-order valence-electron chi connectivity index (χ0n) is 25.1. The molecule has 0 aliphatic carbocycles. The minimum absolute atomic E-state index is 0.322. The highest BCUT2D eigenvalue weighted by molar-refractivity contribution is 5.65. The normalized spacial score (nSPS) is 13.0. The Morgan fingerprint density at radius 1 is 0.744 bits per heavy atom. The van der Waals surface area contributed by atoms with E-state index in [1.165, 1.54) is 0 Å². The molecule has 3 rings (SSSR count). The van der Waals surface area contributed by atoms with Crippen LogP contribution < -0.4 is 0 Å². The fourth-order valence-electron chi connectivity index (χ4n) is 5.55. The van der Waals surface area contributed by atoms with Gasteiger partial charge in [0, 0.05) is 23.6 Å². The van der Waals surface area contributed by atoms with Crippen molar-refractivity contribution in [3.63, 3.8) is 0 Å². The second kappa shape index (κ2) is 13.8. The van der Waals surface area contributed by atoms with Gasteiger partial charge in [0.05, 0.1) is 18.9 Å². The van der Waals surface area contributed by atoms with Crippen LogP contribution in [-0.2, 0) is 28.0 Å². The lowest BCUT2D eigenvalue weighted by molar-refractivity contribution is -0.369. The second-order valence-electron chi connectivity index (χ2n) is 10.8. The van der Waals surface area contributed by atoms with Crippen LogP contribution in [0.5, 0.6) is 0 Å². The second-order valence-corrected chi connectivity index (χ2v) is 10.8. The molecule has 1 heterocycles. The lowest BCUT2D eigenvalue weighted by Gasteiger charge is -2.35. The Balaban J connectivity index is 1.87. The molecule has 0 saturated carbocycles. The molecule has 0 aliphatic rings. The van der Waals surface area contributed by atoms with Gasteiger partial charge in [-0.3, -0.25) is 4.98 Å². The molecule has 0 spiro atoms. The van der Waals surface area contributed by atoms with Crippen LogP contribution in [0.15, 0.2) is 54.7 Å². The number of pyridine rings is 1. The fourth-order valence-corrected chi connectivity index (χ4v) is 5.55. The Kier molecular flexibility index (Phi) is 11.1. The molecule has 3 aromatic rings. The predicted octanol–water partition coefficient (Wildman–Crippen LogP) is 8.77. The summed E-state index contributed by atoms with van der Waals surface area (Å²) in [7, 11) is 0. The van der Waals surface area contributed by atoms with Gasteiger partial charge in [0.2, 0.25) is 0 Å². The standard InChI is InChI=1S/C33H39F6NO3/c1-6-30(7-2,26-11-10-25(22(4)19-26)15-17-31(41,32(34,35)36)33(37,38)39)27-12-13-28(23(5)20-27)29-14-9-24(21-40-29)16-18-43-42-8-3/h9-14,19-21,41H,6-8,15-18H2,1-5H3. The van der Waals surface area contributed by atoms with Gasteiger partial charge >= 0.3 is 12.4 Å². The molecule has 0 amide bonds. The van der Waals surface area contributed by atoms with Gasteiger partial charge in [-0.1, -0.05) is 56.3 Å². The zero-order valence-corrected chi connectivity index (χ0v) is 25.1. The van der Waals surface area contributed by atoms with E-state index in [2.05, 4.69) is 31.0 Å². The van der Waals surface area contributed by atoms with E-state index >= 15 is 0 Å². The van der Waals surface area contributed by atoms with Gasteiger partial charge in [-0.05, 0) is 85.9 Å². The number of hydrogen-bond acceptors (Lipinski definition) is 4. The summed E-state index contributed by atoms with van der Waals surface area (Å²) in [5.41, 5.74) is 1.53. The molecule has 236 valence electrons. The Morgan fingerprint density at radius 3 is 1.84 bits per heavy atom. The monoisotopic (exact) mass is 611 g/mol. The average molecular weight is 612 g/mol. The zero-order chi connectivity index (χ0) is 32.1. The van der Waals surface area contributed by atoms with Crippen LogP contribution in [0.2, 0.25) is 0 Å². The molecule has 2 aromatic carbocycles. The number of aromatic nitrogens is 1. The topological polar surface area (TPSA) is 51.6 Å². The van der Waals surface area contributed by atoms with Crippen molar-refractivity contribution in [2.45, 2.75) is 90.1 Å². The molecule has 4 nitrogen and oxygen atoms in total. The molecule has 10 heteroatoms. The average Bonchev–Trinajstić information content (AvgIpc) is 2.95. The SMILES string of the molecule is CCOOCCc1ccc(-c2ccc(C(CC)(CC)c3ccc(CCC(O)(C(F)(F)F)C(F)(F)F)c(C)c3)cc2C)nc1. The molecule has 0 atom stereocenters. The molecule has 1 aromatic heterocycles. The van der Waals surface area contributed by atoms with E-state index < -0.39 is 36.2 Å². The van der Waals surface area contributed by atoms with Crippen LogP contribution in [0.3, 0.4) is 0 Å². The molecule has 0 saturated heterocycles. The van der Waals surface area contributed by atoms with Crippen molar-refractivity contribution in [3.05, 3.63) is 88.1 Å². The van der Waals surface area contributed by atoms with Crippen molar-refractivity contribution in [1.29, 1.82) is 0 Å². The van der Waals surface area contributed by atoms with E-state index in [1.54, 1.807) is 19.1 Å². The van der Waals surface area contributed by atoms with E-state index in [9.17, 15) is 31.4 Å². The quantitative estimate of drug-likeness (QED) is 0.0909. The van der Waals surface area contributed by atoms with Gasteiger partial charge in [-0.2, -0.15) is 26.3 Å². The van der Waals surface area contributed by atoms with Gasteiger partial charge in [0.15, 0.2) is 0 Å². The molecule has 43 heavy (non-hydrogen) atoms. The Morgan fingerprint density at radius 2 is 1.35 bits per heavy atom. The Labute approximate surface area is 249 Å². The number of nitrogens with zero attached hydrogens (tertiary/aromatic N) is 1. The van der Waals surface area contributed by atoms with E-state index in [0.717, 1.165) is 46.4 Å². The molecule has 1 N–H and O–H groups in total. The van der Waals surface area contributed by atoms with Crippen LogP contribution in [0, 0.1) is 13.8 Å². The first kappa shape index (κ1) is 34.5. The highest BCUT2D eigenvalue weighted by Crippen LogP contribution is 2.46.